The first kappa shape index (κ1) is 18.0. The van der Waals surface area contributed by atoms with Gasteiger partial charge in [0.1, 0.15) is 18.2 Å². The number of hydrogen-bond donors (Lipinski definition) is 0. The van der Waals surface area contributed by atoms with E-state index in [0.29, 0.717) is 48.5 Å². The fourth-order valence-electron chi connectivity index (χ4n) is 3.79. The van der Waals surface area contributed by atoms with Crippen molar-refractivity contribution in [2.24, 2.45) is 0 Å². The minimum atomic E-state index is -0.119. The Bertz CT molecular complexity index is 1030. The van der Waals surface area contributed by atoms with E-state index in [1.807, 2.05) is 31.2 Å². The van der Waals surface area contributed by atoms with Crippen molar-refractivity contribution in [1.29, 1.82) is 0 Å². The van der Waals surface area contributed by atoms with E-state index >= 15 is 0 Å². The van der Waals surface area contributed by atoms with Crippen LogP contribution in [0, 0.1) is 6.92 Å². The molecule has 0 amide bonds. The first-order valence-electron chi connectivity index (χ1n) is 9.48. The summed E-state index contributed by atoms with van der Waals surface area (Å²) < 4.78 is 27.9. The highest BCUT2D eigenvalue weighted by Gasteiger charge is 2.35. The number of carbonyl (C=O) groups is 1. The summed E-state index contributed by atoms with van der Waals surface area (Å²) in [4.78, 5) is 15.2. The minimum absolute atomic E-state index is 0.119. The summed E-state index contributed by atoms with van der Waals surface area (Å²) >= 11 is 0. The van der Waals surface area contributed by atoms with Gasteiger partial charge in [-0.05, 0) is 42.3 Å². The van der Waals surface area contributed by atoms with Crippen LogP contribution < -0.4 is 18.9 Å². The van der Waals surface area contributed by atoms with Crippen LogP contribution in [0.2, 0.25) is 0 Å². The summed E-state index contributed by atoms with van der Waals surface area (Å²) in [6, 6.07) is 7.47. The highest BCUT2D eigenvalue weighted by Crippen LogP contribution is 2.44. The standard InChI is InChI=1S/C22H21NO6/c1-13-7-17-15(10-23(11-26-17)5-6-25-2)22-20(13)21(24)19(29-22)9-14-3-4-16-18(8-14)28-12-27-16/h3-4,7-9H,5-6,10-12H2,1-2H3/b19-9-. The number of allylic oxidation sites excluding steroid dienone is 1. The molecule has 29 heavy (non-hydrogen) atoms. The molecule has 3 heterocycles. The van der Waals surface area contributed by atoms with Crippen LogP contribution in [-0.2, 0) is 11.3 Å². The SMILES string of the molecule is COCCN1COc2cc(C)c3c(c2C1)O/C(=C\c1ccc2c(c1)OCO2)C3=O. The van der Waals surface area contributed by atoms with Crippen LogP contribution >= 0.6 is 0 Å². The Hall–Kier alpha value is -3.03. The lowest BCUT2D eigenvalue weighted by atomic mass is 9.98. The van der Waals surface area contributed by atoms with E-state index in [-0.39, 0.29) is 12.6 Å². The molecule has 0 radical (unpaired) electrons. The van der Waals surface area contributed by atoms with E-state index < -0.39 is 0 Å². The lowest BCUT2D eigenvalue weighted by molar-refractivity contribution is 0.0646. The Morgan fingerprint density at radius 3 is 2.86 bits per heavy atom. The third-order valence-corrected chi connectivity index (χ3v) is 5.29. The molecule has 0 fully saturated rings. The number of rotatable bonds is 4. The van der Waals surface area contributed by atoms with Crippen LogP contribution in [0.5, 0.6) is 23.0 Å². The van der Waals surface area contributed by atoms with Gasteiger partial charge in [-0.2, -0.15) is 0 Å². The largest absolute Gasteiger partial charge is 0.478 e. The van der Waals surface area contributed by atoms with Gasteiger partial charge in [0.2, 0.25) is 12.6 Å². The highest BCUT2D eigenvalue weighted by atomic mass is 16.7. The second-order valence-electron chi connectivity index (χ2n) is 7.25. The normalized spacial score (nSPS) is 18.4. The van der Waals surface area contributed by atoms with Gasteiger partial charge in [0.25, 0.3) is 0 Å². The van der Waals surface area contributed by atoms with Crippen molar-refractivity contribution in [3.05, 3.63) is 52.3 Å². The molecule has 0 saturated heterocycles. The van der Waals surface area contributed by atoms with Gasteiger partial charge in [0.05, 0.1) is 17.7 Å². The maximum absolute atomic E-state index is 13.1. The molecule has 7 nitrogen and oxygen atoms in total. The molecule has 5 rings (SSSR count). The molecule has 150 valence electrons. The molecule has 0 aliphatic carbocycles. The zero-order chi connectivity index (χ0) is 20.0. The molecule has 0 spiro atoms. The fourth-order valence-corrected chi connectivity index (χ4v) is 3.79. The molecule has 0 bridgehead atoms. The van der Waals surface area contributed by atoms with Crippen molar-refractivity contribution >= 4 is 11.9 Å². The van der Waals surface area contributed by atoms with Crippen molar-refractivity contribution in [3.63, 3.8) is 0 Å². The van der Waals surface area contributed by atoms with Gasteiger partial charge in [-0.1, -0.05) is 6.07 Å². The van der Waals surface area contributed by atoms with E-state index in [1.54, 1.807) is 13.2 Å². The predicted octanol–water partition coefficient (Wildman–Crippen LogP) is 3.14. The number of carbonyl (C=O) groups excluding carboxylic acids is 1. The molecule has 0 unspecified atom stereocenters. The fraction of sp³-hybridized carbons (Fsp3) is 0.318. The number of fused-ring (bicyclic) bond motifs is 4. The van der Waals surface area contributed by atoms with E-state index in [1.165, 1.54) is 0 Å². The average Bonchev–Trinajstić information content (AvgIpc) is 3.31. The second-order valence-corrected chi connectivity index (χ2v) is 7.25. The number of benzene rings is 2. The van der Waals surface area contributed by atoms with Gasteiger partial charge in [0, 0.05) is 20.2 Å². The highest BCUT2D eigenvalue weighted by molar-refractivity contribution is 6.15. The van der Waals surface area contributed by atoms with Gasteiger partial charge in [-0.3, -0.25) is 9.69 Å². The molecular formula is C22H21NO6. The van der Waals surface area contributed by atoms with E-state index in [9.17, 15) is 4.79 Å². The summed E-state index contributed by atoms with van der Waals surface area (Å²) in [5.41, 5.74) is 3.17. The summed E-state index contributed by atoms with van der Waals surface area (Å²) in [5, 5.41) is 0. The maximum atomic E-state index is 13.1. The van der Waals surface area contributed by atoms with Crippen LogP contribution in [0.1, 0.15) is 27.0 Å². The molecule has 3 aliphatic rings. The Morgan fingerprint density at radius 1 is 1.14 bits per heavy atom. The van der Waals surface area contributed by atoms with Gasteiger partial charge in [-0.15, -0.1) is 0 Å². The molecule has 3 aliphatic heterocycles. The molecule has 2 aromatic carbocycles. The van der Waals surface area contributed by atoms with Crippen LogP contribution in [-0.4, -0.2) is 44.5 Å². The number of nitrogens with zero attached hydrogens (tertiary/aromatic N) is 1. The molecule has 0 saturated carbocycles. The first-order valence-corrected chi connectivity index (χ1v) is 9.48. The van der Waals surface area contributed by atoms with Gasteiger partial charge < -0.3 is 23.7 Å². The quantitative estimate of drug-likeness (QED) is 0.737. The van der Waals surface area contributed by atoms with Crippen LogP contribution in [0.25, 0.3) is 6.08 Å². The predicted molar refractivity (Wildman–Crippen MR) is 104 cm³/mol. The monoisotopic (exact) mass is 395 g/mol. The second kappa shape index (κ2) is 7.09. The van der Waals surface area contributed by atoms with Gasteiger partial charge in [0.15, 0.2) is 17.3 Å². The number of ketones is 1. The Balaban J connectivity index is 1.48. The summed E-state index contributed by atoms with van der Waals surface area (Å²) in [7, 11) is 1.68. The first-order chi connectivity index (χ1) is 14.1. The lowest BCUT2D eigenvalue weighted by Gasteiger charge is -2.29. The zero-order valence-corrected chi connectivity index (χ0v) is 16.3. The van der Waals surface area contributed by atoms with Crippen molar-refractivity contribution < 1.29 is 28.5 Å². The van der Waals surface area contributed by atoms with Gasteiger partial charge in [-0.25, -0.2) is 0 Å². The van der Waals surface area contributed by atoms with Crippen LogP contribution in [0.3, 0.4) is 0 Å². The molecule has 0 aromatic heterocycles. The third kappa shape index (κ3) is 3.12. The van der Waals surface area contributed by atoms with Crippen molar-refractivity contribution in [1.82, 2.24) is 4.90 Å². The summed E-state index contributed by atoms with van der Waals surface area (Å²) in [6.45, 7) is 4.61. The molecular weight excluding hydrogens is 374 g/mol. The van der Waals surface area contributed by atoms with E-state index in [0.717, 1.165) is 29.0 Å². The molecule has 0 atom stereocenters. The smallest absolute Gasteiger partial charge is 0.232 e. The van der Waals surface area contributed by atoms with E-state index in [4.69, 9.17) is 23.7 Å². The topological polar surface area (TPSA) is 66.5 Å². The zero-order valence-electron chi connectivity index (χ0n) is 16.3. The molecule has 0 N–H and O–H groups in total. The number of ether oxygens (including phenoxy) is 5. The number of aryl methyl sites for hydroxylation is 1. The molecule has 2 aromatic rings. The Labute approximate surface area is 168 Å². The van der Waals surface area contributed by atoms with Crippen molar-refractivity contribution in [2.75, 3.05) is 33.8 Å². The van der Waals surface area contributed by atoms with Crippen LogP contribution in [0.4, 0.5) is 0 Å². The van der Waals surface area contributed by atoms with Crippen LogP contribution in [0.15, 0.2) is 30.0 Å². The van der Waals surface area contributed by atoms with Crippen molar-refractivity contribution in [2.45, 2.75) is 13.5 Å². The summed E-state index contributed by atoms with van der Waals surface area (Å²) in [5.74, 6) is 2.91. The van der Waals surface area contributed by atoms with E-state index in [2.05, 4.69) is 4.90 Å². The maximum Gasteiger partial charge on any atom is 0.232 e. The molecule has 7 heteroatoms. The third-order valence-electron chi connectivity index (χ3n) is 5.29. The summed E-state index contributed by atoms with van der Waals surface area (Å²) in [6.07, 6.45) is 1.74. The van der Waals surface area contributed by atoms with Crippen molar-refractivity contribution in [3.8, 4) is 23.0 Å². The number of methoxy groups -OCH3 is 1. The number of hydrogen-bond acceptors (Lipinski definition) is 7. The average molecular weight is 395 g/mol. The lowest BCUT2D eigenvalue weighted by Crippen LogP contribution is -2.34. The Morgan fingerprint density at radius 2 is 2.00 bits per heavy atom. The number of Topliss-reactive ketones (excluding diaryl/α,β-unsaturated/α-hetero) is 1. The van der Waals surface area contributed by atoms with Gasteiger partial charge >= 0.3 is 0 Å². The Kier molecular flexibility index (Phi) is 4.41. The minimum Gasteiger partial charge on any atom is -0.478 e.